The molecule has 0 aliphatic carbocycles. The smallest absolute Gasteiger partial charge is 0.418 e. The van der Waals surface area contributed by atoms with Gasteiger partial charge >= 0.3 is 6.18 Å². The van der Waals surface area contributed by atoms with Gasteiger partial charge in [-0.3, -0.25) is 4.90 Å². The van der Waals surface area contributed by atoms with Gasteiger partial charge in [-0.05, 0) is 43.7 Å². The first-order valence-electron chi connectivity index (χ1n) is 9.16. The van der Waals surface area contributed by atoms with Crippen molar-refractivity contribution in [2.75, 3.05) is 31.6 Å². The molecular formula is C20H21F3N4O2. The van der Waals surface area contributed by atoms with Crippen LogP contribution in [0.1, 0.15) is 24.0 Å². The second-order valence-electron chi connectivity index (χ2n) is 6.87. The lowest BCUT2D eigenvalue weighted by atomic mass is 10.0. The van der Waals surface area contributed by atoms with E-state index in [1.54, 1.807) is 0 Å². The molecule has 154 valence electrons. The summed E-state index contributed by atoms with van der Waals surface area (Å²) in [6.07, 6.45) is 2.21. The van der Waals surface area contributed by atoms with Gasteiger partial charge in [0.05, 0.1) is 12.2 Å². The number of benzene rings is 1. The molecule has 1 fully saturated rings. The molecule has 0 amide bonds. The molecule has 9 heteroatoms. The van der Waals surface area contributed by atoms with Crippen molar-refractivity contribution < 1.29 is 23.4 Å². The van der Waals surface area contributed by atoms with Crippen LogP contribution in [-0.2, 0) is 6.18 Å². The van der Waals surface area contributed by atoms with Crippen LogP contribution in [-0.4, -0.2) is 57.6 Å². The summed E-state index contributed by atoms with van der Waals surface area (Å²) in [4.78, 5) is 2.04. The molecule has 1 atom stereocenters. The van der Waals surface area contributed by atoms with E-state index in [9.17, 15) is 18.3 Å². The number of aromatic hydroxyl groups is 1. The maximum absolute atomic E-state index is 13.7. The summed E-state index contributed by atoms with van der Waals surface area (Å²) in [5.74, 6) is 1.93. The van der Waals surface area contributed by atoms with Gasteiger partial charge in [-0.15, -0.1) is 16.6 Å². The van der Waals surface area contributed by atoms with E-state index in [-0.39, 0.29) is 24.0 Å². The molecule has 1 saturated heterocycles. The van der Waals surface area contributed by atoms with Gasteiger partial charge in [0, 0.05) is 30.3 Å². The molecule has 6 nitrogen and oxygen atoms in total. The largest absolute Gasteiger partial charge is 0.507 e. The molecule has 2 aromatic rings. The van der Waals surface area contributed by atoms with E-state index in [1.165, 1.54) is 18.2 Å². The van der Waals surface area contributed by atoms with Crippen molar-refractivity contribution in [3.05, 3.63) is 35.4 Å². The first kappa shape index (κ1) is 20.9. The predicted molar refractivity (Wildman–Crippen MR) is 102 cm³/mol. The molecule has 1 aromatic heterocycles. The standard InChI is InChI=1S/C20H21F3N4O2/c1-2-13-5-6-15(17(29)10-13)19-16(20(21,22)23)11-18(25-26-19)24-14-4-3-7-27(12-14)8-9-28/h1,5-6,10-11,14,28-29H,3-4,7-9,12H2,(H,24,25)/t14-/m1/s1. The van der Waals surface area contributed by atoms with Crippen LogP contribution in [0.5, 0.6) is 5.75 Å². The molecule has 0 saturated carbocycles. The summed E-state index contributed by atoms with van der Waals surface area (Å²) in [6.45, 7) is 1.98. The Balaban J connectivity index is 1.90. The fourth-order valence-corrected chi connectivity index (χ4v) is 3.43. The molecule has 1 aliphatic heterocycles. The summed E-state index contributed by atoms with van der Waals surface area (Å²) in [7, 11) is 0. The number of phenolic OH excluding ortho intramolecular Hbond substituents is 1. The van der Waals surface area contributed by atoms with E-state index >= 15 is 0 Å². The molecule has 0 bridgehead atoms. The van der Waals surface area contributed by atoms with Crippen LogP contribution in [0.4, 0.5) is 19.0 Å². The van der Waals surface area contributed by atoms with Gasteiger partial charge in [-0.25, -0.2) is 0 Å². The van der Waals surface area contributed by atoms with Gasteiger partial charge in [0.2, 0.25) is 0 Å². The molecule has 1 aromatic carbocycles. The van der Waals surface area contributed by atoms with Crippen molar-refractivity contribution in [2.24, 2.45) is 0 Å². The topological polar surface area (TPSA) is 81.5 Å². The molecule has 3 rings (SSSR count). The first-order chi connectivity index (χ1) is 13.8. The average Bonchev–Trinajstić information content (AvgIpc) is 2.68. The lowest BCUT2D eigenvalue weighted by Gasteiger charge is -2.32. The van der Waals surface area contributed by atoms with Crippen LogP contribution in [0, 0.1) is 12.3 Å². The highest BCUT2D eigenvalue weighted by molar-refractivity contribution is 5.72. The number of piperidine rings is 1. The first-order valence-corrected chi connectivity index (χ1v) is 9.16. The molecule has 0 spiro atoms. The van der Waals surface area contributed by atoms with E-state index in [1.807, 2.05) is 4.90 Å². The number of hydrogen-bond acceptors (Lipinski definition) is 6. The highest BCUT2D eigenvalue weighted by Gasteiger charge is 2.36. The molecule has 0 radical (unpaired) electrons. The zero-order valence-electron chi connectivity index (χ0n) is 15.6. The van der Waals surface area contributed by atoms with Gasteiger partial charge in [0.25, 0.3) is 0 Å². The van der Waals surface area contributed by atoms with Crippen molar-refractivity contribution in [1.29, 1.82) is 0 Å². The predicted octanol–water partition coefficient (Wildman–Crippen LogP) is 2.72. The molecule has 2 heterocycles. The third-order valence-corrected chi connectivity index (χ3v) is 4.79. The fourth-order valence-electron chi connectivity index (χ4n) is 3.43. The van der Waals surface area contributed by atoms with Crippen molar-refractivity contribution in [3.63, 3.8) is 0 Å². The van der Waals surface area contributed by atoms with E-state index < -0.39 is 23.2 Å². The molecule has 1 aliphatic rings. The van der Waals surface area contributed by atoms with E-state index in [0.29, 0.717) is 18.7 Å². The third kappa shape index (κ3) is 4.96. The third-order valence-electron chi connectivity index (χ3n) is 4.79. The number of aromatic nitrogens is 2. The zero-order valence-corrected chi connectivity index (χ0v) is 15.6. The van der Waals surface area contributed by atoms with E-state index in [0.717, 1.165) is 25.5 Å². The Morgan fingerprint density at radius 2 is 2.07 bits per heavy atom. The number of nitrogens with one attached hydrogen (secondary N) is 1. The van der Waals surface area contributed by atoms with Gasteiger partial charge in [-0.1, -0.05) is 5.92 Å². The number of likely N-dealkylation sites (tertiary alicyclic amines) is 1. The Bertz CT molecular complexity index is 910. The summed E-state index contributed by atoms with van der Waals surface area (Å²) in [5.41, 5.74) is -1.21. The highest BCUT2D eigenvalue weighted by Crippen LogP contribution is 2.39. The maximum Gasteiger partial charge on any atom is 0.418 e. The van der Waals surface area contributed by atoms with Gasteiger partial charge in [0.1, 0.15) is 17.3 Å². The van der Waals surface area contributed by atoms with Crippen LogP contribution in [0.2, 0.25) is 0 Å². The number of phenols is 1. The second-order valence-corrected chi connectivity index (χ2v) is 6.87. The Labute approximate surface area is 166 Å². The summed E-state index contributed by atoms with van der Waals surface area (Å²) < 4.78 is 41.1. The minimum Gasteiger partial charge on any atom is -0.507 e. The lowest BCUT2D eigenvalue weighted by Crippen LogP contribution is -2.43. The highest BCUT2D eigenvalue weighted by atomic mass is 19.4. The number of alkyl halides is 3. The molecule has 3 N–H and O–H groups in total. The van der Waals surface area contributed by atoms with Crippen molar-refractivity contribution in [1.82, 2.24) is 15.1 Å². The molecular weight excluding hydrogens is 385 g/mol. The Morgan fingerprint density at radius 3 is 2.72 bits per heavy atom. The Hall–Kier alpha value is -2.83. The maximum atomic E-state index is 13.7. The van der Waals surface area contributed by atoms with Crippen molar-refractivity contribution in [3.8, 4) is 29.4 Å². The van der Waals surface area contributed by atoms with Crippen LogP contribution in [0.3, 0.4) is 0 Å². The number of aliphatic hydroxyl groups excluding tert-OH is 1. The minimum absolute atomic E-state index is 0.0108. The van der Waals surface area contributed by atoms with E-state index in [4.69, 9.17) is 11.5 Å². The molecule has 0 unspecified atom stereocenters. The van der Waals surface area contributed by atoms with Gasteiger partial charge in [-0.2, -0.15) is 13.2 Å². The monoisotopic (exact) mass is 406 g/mol. The number of halogens is 3. The number of rotatable bonds is 5. The Kier molecular flexibility index (Phi) is 6.25. The zero-order chi connectivity index (χ0) is 21.0. The van der Waals surface area contributed by atoms with Crippen molar-refractivity contribution in [2.45, 2.75) is 25.1 Å². The second kappa shape index (κ2) is 8.68. The van der Waals surface area contributed by atoms with Gasteiger partial charge < -0.3 is 15.5 Å². The molecule has 29 heavy (non-hydrogen) atoms. The fraction of sp³-hybridized carbons (Fsp3) is 0.400. The summed E-state index contributed by atoms with van der Waals surface area (Å²) in [5, 5.41) is 29.8. The SMILES string of the molecule is C#Cc1ccc(-c2nnc(N[C@@H]3CCCN(CCO)C3)cc2C(F)(F)F)c(O)c1. The van der Waals surface area contributed by atoms with E-state index in [2.05, 4.69) is 21.4 Å². The van der Waals surface area contributed by atoms with Gasteiger partial charge in [0.15, 0.2) is 0 Å². The quantitative estimate of drug-likeness (QED) is 0.663. The minimum atomic E-state index is -4.69. The van der Waals surface area contributed by atoms with Crippen molar-refractivity contribution >= 4 is 5.82 Å². The van der Waals surface area contributed by atoms with Crippen LogP contribution in [0.15, 0.2) is 24.3 Å². The number of nitrogens with zero attached hydrogens (tertiary/aromatic N) is 3. The number of β-amino-alcohol motifs (C(OH)–C–C–N with tert-alkyl or cyclic N) is 1. The average molecular weight is 406 g/mol. The Morgan fingerprint density at radius 1 is 1.28 bits per heavy atom. The van der Waals surface area contributed by atoms with Crippen LogP contribution < -0.4 is 5.32 Å². The lowest BCUT2D eigenvalue weighted by molar-refractivity contribution is -0.137. The van der Waals surface area contributed by atoms with Crippen LogP contribution in [0.25, 0.3) is 11.3 Å². The summed E-state index contributed by atoms with van der Waals surface area (Å²) >= 11 is 0. The van der Waals surface area contributed by atoms with Crippen LogP contribution >= 0.6 is 0 Å². The normalized spacial score (nSPS) is 17.7. The number of anilines is 1. The summed E-state index contributed by atoms with van der Waals surface area (Å²) in [6, 6.07) is 4.74. The number of hydrogen-bond donors (Lipinski definition) is 3. The number of terminal acetylenes is 1. The number of aliphatic hydroxyl groups is 1.